The van der Waals surface area contributed by atoms with E-state index in [1.165, 1.54) is 32.1 Å². The van der Waals surface area contributed by atoms with Crippen molar-refractivity contribution >= 4 is 0 Å². The highest BCUT2D eigenvalue weighted by molar-refractivity contribution is 5.29. The molecule has 0 nitrogen and oxygen atoms in total. The Morgan fingerprint density at radius 2 is 2.06 bits per heavy atom. The van der Waals surface area contributed by atoms with E-state index in [-0.39, 0.29) is 0 Å². The SMILES string of the molecule is CCCC[C@H]1[C@@H](C)C=CC2=C[C@H](C)CC[C@@H]21. The Balaban J connectivity index is 2.13. The molecule has 4 atom stereocenters. The van der Waals surface area contributed by atoms with E-state index in [2.05, 4.69) is 39.0 Å². The van der Waals surface area contributed by atoms with Crippen LogP contribution >= 0.6 is 0 Å². The summed E-state index contributed by atoms with van der Waals surface area (Å²) in [5, 5.41) is 0. The Morgan fingerprint density at radius 3 is 2.81 bits per heavy atom. The van der Waals surface area contributed by atoms with Gasteiger partial charge in [0.25, 0.3) is 0 Å². The molecule has 0 spiro atoms. The quantitative estimate of drug-likeness (QED) is 0.627. The second-order valence-electron chi connectivity index (χ2n) is 5.85. The van der Waals surface area contributed by atoms with Crippen molar-refractivity contribution in [2.75, 3.05) is 0 Å². The first-order valence-corrected chi connectivity index (χ1v) is 7.12. The minimum atomic E-state index is 0.794. The molecule has 0 aromatic rings. The monoisotopic (exact) mass is 218 g/mol. The maximum absolute atomic E-state index is 2.52. The lowest BCUT2D eigenvalue weighted by molar-refractivity contribution is 0.244. The van der Waals surface area contributed by atoms with Gasteiger partial charge >= 0.3 is 0 Å². The fourth-order valence-corrected chi connectivity index (χ4v) is 3.46. The van der Waals surface area contributed by atoms with Crippen molar-refractivity contribution in [1.82, 2.24) is 0 Å². The van der Waals surface area contributed by atoms with E-state index < -0.39 is 0 Å². The summed E-state index contributed by atoms with van der Waals surface area (Å²) >= 11 is 0. The maximum Gasteiger partial charge on any atom is -0.0131 e. The zero-order valence-corrected chi connectivity index (χ0v) is 11.1. The molecule has 0 aromatic heterocycles. The van der Waals surface area contributed by atoms with E-state index in [4.69, 9.17) is 0 Å². The van der Waals surface area contributed by atoms with Gasteiger partial charge in [0.05, 0.1) is 0 Å². The Morgan fingerprint density at radius 1 is 1.25 bits per heavy atom. The van der Waals surface area contributed by atoms with Crippen molar-refractivity contribution in [1.29, 1.82) is 0 Å². The Kier molecular flexibility index (Phi) is 3.89. The predicted molar refractivity (Wildman–Crippen MR) is 71.3 cm³/mol. The number of hydrogen-bond donors (Lipinski definition) is 0. The van der Waals surface area contributed by atoms with Gasteiger partial charge in [-0.05, 0) is 48.5 Å². The lowest BCUT2D eigenvalue weighted by atomic mass is 9.67. The van der Waals surface area contributed by atoms with Crippen LogP contribution in [0.1, 0.15) is 52.9 Å². The average molecular weight is 218 g/mol. The molecule has 0 fully saturated rings. The highest BCUT2D eigenvalue weighted by Crippen LogP contribution is 2.43. The third-order valence-corrected chi connectivity index (χ3v) is 4.51. The van der Waals surface area contributed by atoms with Crippen LogP contribution in [0, 0.1) is 23.7 Å². The highest BCUT2D eigenvalue weighted by atomic mass is 14.4. The van der Waals surface area contributed by atoms with Crippen molar-refractivity contribution in [2.24, 2.45) is 23.7 Å². The van der Waals surface area contributed by atoms with Crippen molar-refractivity contribution in [3.8, 4) is 0 Å². The van der Waals surface area contributed by atoms with Gasteiger partial charge in [-0.15, -0.1) is 0 Å². The van der Waals surface area contributed by atoms with E-state index >= 15 is 0 Å². The highest BCUT2D eigenvalue weighted by Gasteiger charge is 2.32. The molecular weight excluding hydrogens is 192 g/mol. The van der Waals surface area contributed by atoms with Gasteiger partial charge in [0.15, 0.2) is 0 Å². The first-order valence-electron chi connectivity index (χ1n) is 7.12. The topological polar surface area (TPSA) is 0 Å². The van der Waals surface area contributed by atoms with E-state index in [1.54, 1.807) is 5.57 Å². The molecule has 0 bridgehead atoms. The summed E-state index contributed by atoms with van der Waals surface area (Å²) in [6.45, 7) is 7.07. The van der Waals surface area contributed by atoms with Gasteiger partial charge in [-0.1, -0.05) is 51.8 Å². The molecule has 0 aromatic carbocycles. The third-order valence-electron chi connectivity index (χ3n) is 4.51. The first kappa shape index (κ1) is 12.0. The van der Waals surface area contributed by atoms with Gasteiger partial charge in [-0.2, -0.15) is 0 Å². The Bertz CT molecular complexity index is 284. The van der Waals surface area contributed by atoms with Crippen molar-refractivity contribution < 1.29 is 0 Å². The van der Waals surface area contributed by atoms with Crippen LogP contribution in [-0.4, -0.2) is 0 Å². The van der Waals surface area contributed by atoms with Crippen LogP contribution in [0.15, 0.2) is 23.8 Å². The number of hydrogen-bond acceptors (Lipinski definition) is 0. The van der Waals surface area contributed by atoms with Crippen molar-refractivity contribution in [2.45, 2.75) is 52.9 Å². The van der Waals surface area contributed by atoms with Crippen LogP contribution in [0.4, 0.5) is 0 Å². The van der Waals surface area contributed by atoms with E-state index in [1.807, 2.05) is 0 Å². The summed E-state index contributed by atoms with van der Waals surface area (Å²) in [5.41, 5.74) is 1.65. The second-order valence-corrected chi connectivity index (χ2v) is 5.85. The first-order chi connectivity index (χ1) is 7.72. The van der Waals surface area contributed by atoms with Gasteiger partial charge in [-0.3, -0.25) is 0 Å². The number of allylic oxidation sites excluding steroid dienone is 4. The molecule has 0 N–H and O–H groups in total. The van der Waals surface area contributed by atoms with Crippen LogP contribution in [0.2, 0.25) is 0 Å². The summed E-state index contributed by atoms with van der Waals surface area (Å²) in [7, 11) is 0. The van der Waals surface area contributed by atoms with Gasteiger partial charge in [0.1, 0.15) is 0 Å². The maximum atomic E-state index is 2.52. The van der Waals surface area contributed by atoms with Gasteiger partial charge < -0.3 is 0 Å². The smallest absolute Gasteiger partial charge is 0.0131 e. The molecule has 0 heteroatoms. The van der Waals surface area contributed by atoms with E-state index in [0.29, 0.717) is 0 Å². The fourth-order valence-electron chi connectivity index (χ4n) is 3.46. The van der Waals surface area contributed by atoms with Gasteiger partial charge in [0, 0.05) is 0 Å². The zero-order valence-electron chi connectivity index (χ0n) is 11.1. The molecule has 0 radical (unpaired) electrons. The van der Waals surface area contributed by atoms with E-state index in [0.717, 1.165) is 23.7 Å². The lowest BCUT2D eigenvalue weighted by Crippen LogP contribution is -2.28. The van der Waals surface area contributed by atoms with Crippen LogP contribution < -0.4 is 0 Å². The summed E-state index contributed by atoms with van der Waals surface area (Å²) in [6.07, 6.45) is 14.4. The number of unbranched alkanes of at least 4 members (excludes halogenated alkanes) is 1. The van der Waals surface area contributed by atoms with Crippen LogP contribution in [0.25, 0.3) is 0 Å². The zero-order chi connectivity index (χ0) is 11.5. The summed E-state index contributed by atoms with van der Waals surface area (Å²) in [5.74, 6) is 3.39. The summed E-state index contributed by atoms with van der Waals surface area (Å²) in [6, 6.07) is 0. The van der Waals surface area contributed by atoms with Crippen LogP contribution in [0.3, 0.4) is 0 Å². The van der Waals surface area contributed by atoms with Crippen LogP contribution in [0.5, 0.6) is 0 Å². The third kappa shape index (κ3) is 2.42. The Labute approximate surface area is 101 Å². The molecule has 0 amide bonds. The normalized spacial score (nSPS) is 38.1. The molecule has 0 heterocycles. The summed E-state index contributed by atoms with van der Waals surface area (Å²) < 4.78 is 0. The van der Waals surface area contributed by atoms with Crippen LogP contribution in [-0.2, 0) is 0 Å². The molecule has 2 rings (SSSR count). The van der Waals surface area contributed by atoms with Gasteiger partial charge in [0.2, 0.25) is 0 Å². The standard InChI is InChI=1S/C16H26/c1-4-5-6-15-13(3)8-9-14-11-12(2)7-10-16(14)15/h8-9,11-13,15-16H,4-7,10H2,1-3H3/t12-,13+,15+,16+/m1/s1. The molecule has 0 aliphatic heterocycles. The number of rotatable bonds is 3. The molecule has 90 valence electrons. The molecule has 16 heavy (non-hydrogen) atoms. The fraction of sp³-hybridized carbons (Fsp3) is 0.750. The number of fused-ring (bicyclic) bond motifs is 1. The minimum Gasteiger partial charge on any atom is -0.0811 e. The molecule has 0 saturated carbocycles. The van der Waals surface area contributed by atoms with Gasteiger partial charge in [-0.25, -0.2) is 0 Å². The largest absolute Gasteiger partial charge is 0.0811 e. The van der Waals surface area contributed by atoms with Crippen molar-refractivity contribution in [3.05, 3.63) is 23.8 Å². The Hall–Kier alpha value is -0.520. The summed E-state index contributed by atoms with van der Waals surface area (Å²) in [4.78, 5) is 0. The molecule has 0 saturated heterocycles. The van der Waals surface area contributed by atoms with Crippen molar-refractivity contribution in [3.63, 3.8) is 0 Å². The second kappa shape index (κ2) is 5.21. The lowest BCUT2D eigenvalue weighted by Gasteiger charge is -2.38. The predicted octanol–water partition coefficient (Wildman–Crippen LogP) is 4.97. The van der Waals surface area contributed by atoms with E-state index in [9.17, 15) is 0 Å². The molecule has 0 unspecified atom stereocenters. The molecular formula is C16H26. The molecule has 2 aliphatic carbocycles. The minimum absolute atomic E-state index is 0.794. The average Bonchev–Trinajstić information content (AvgIpc) is 2.28. The molecule has 2 aliphatic rings.